The average molecular weight is 414 g/mol. The highest BCUT2D eigenvalue weighted by molar-refractivity contribution is 7.99. The second-order valence-corrected chi connectivity index (χ2v) is 9.95. The van der Waals surface area contributed by atoms with Crippen molar-refractivity contribution in [2.75, 3.05) is 36.5 Å². The highest BCUT2D eigenvalue weighted by Crippen LogP contribution is 2.27. The zero-order chi connectivity index (χ0) is 19.3. The van der Waals surface area contributed by atoms with Crippen LogP contribution >= 0.6 is 11.8 Å². The van der Waals surface area contributed by atoms with Crippen molar-refractivity contribution in [2.45, 2.75) is 37.9 Å². The van der Waals surface area contributed by atoms with Crippen LogP contribution in [0.5, 0.6) is 0 Å². The van der Waals surface area contributed by atoms with Crippen LogP contribution in [0.15, 0.2) is 28.0 Å². The highest BCUT2D eigenvalue weighted by atomic mass is 32.2. The van der Waals surface area contributed by atoms with Crippen LogP contribution in [0.3, 0.4) is 0 Å². The molecule has 0 saturated carbocycles. The molecule has 0 radical (unpaired) electrons. The van der Waals surface area contributed by atoms with Crippen molar-refractivity contribution in [3.8, 4) is 0 Å². The first-order chi connectivity index (χ1) is 13.0. The van der Waals surface area contributed by atoms with Crippen LogP contribution in [-0.4, -0.2) is 54.8 Å². The normalized spacial score (nSPS) is 16.1. The highest BCUT2D eigenvalue weighted by Gasteiger charge is 2.23. The van der Waals surface area contributed by atoms with Gasteiger partial charge >= 0.3 is 0 Å². The lowest BCUT2D eigenvalue weighted by Crippen LogP contribution is -2.35. The molecule has 2 aromatic rings. The molecule has 2 aromatic heterocycles. The molecule has 0 aromatic carbocycles. The molecule has 1 fully saturated rings. The molecule has 1 aliphatic heterocycles. The van der Waals surface area contributed by atoms with Gasteiger partial charge in [-0.2, -0.15) is 0 Å². The Morgan fingerprint density at radius 2 is 2.11 bits per heavy atom. The number of rotatable bonds is 9. The smallest absolute Gasteiger partial charge is 0.228 e. The maximum absolute atomic E-state index is 11.6. The Morgan fingerprint density at radius 1 is 1.33 bits per heavy atom. The summed E-state index contributed by atoms with van der Waals surface area (Å²) in [5, 5.41) is 9.60. The summed E-state index contributed by atoms with van der Waals surface area (Å²) in [6.07, 6.45) is 4.52. The fraction of sp³-hybridized carbons (Fsp3) is 0.647. The third-order valence-electron chi connectivity index (χ3n) is 4.76. The first-order valence-electron chi connectivity index (χ1n) is 9.23. The summed E-state index contributed by atoms with van der Waals surface area (Å²) in [4.78, 5) is 2.28. The van der Waals surface area contributed by atoms with Crippen LogP contribution in [-0.2, 0) is 16.6 Å². The summed E-state index contributed by atoms with van der Waals surface area (Å²) >= 11 is 1.53. The molecular formula is C17H27N5O3S2. The molecule has 1 aliphatic rings. The van der Waals surface area contributed by atoms with Crippen molar-refractivity contribution < 1.29 is 12.8 Å². The van der Waals surface area contributed by atoms with Gasteiger partial charge in [0.2, 0.25) is 16.0 Å². The largest absolute Gasteiger partial charge is 0.467 e. The predicted molar refractivity (Wildman–Crippen MR) is 107 cm³/mol. The lowest BCUT2D eigenvalue weighted by Gasteiger charge is -2.31. The molecule has 10 heteroatoms. The molecule has 0 spiro atoms. The summed E-state index contributed by atoms with van der Waals surface area (Å²) in [6.45, 7) is 4.80. The van der Waals surface area contributed by atoms with Crippen LogP contribution < -0.4 is 9.62 Å². The van der Waals surface area contributed by atoms with Crippen molar-refractivity contribution in [1.82, 2.24) is 19.5 Å². The second-order valence-electron chi connectivity index (χ2n) is 6.84. The Balaban J connectivity index is 1.70. The lowest BCUT2D eigenvalue weighted by atomic mass is 10.00. The quantitative estimate of drug-likeness (QED) is 0.497. The summed E-state index contributed by atoms with van der Waals surface area (Å²) in [6, 6.07) is 3.81. The van der Waals surface area contributed by atoms with Gasteiger partial charge in [-0.15, -0.1) is 10.2 Å². The molecule has 3 rings (SSSR count). The summed E-state index contributed by atoms with van der Waals surface area (Å²) < 4.78 is 33.0. The number of piperidine rings is 1. The number of thioether (sulfide) groups is 1. The fourth-order valence-corrected chi connectivity index (χ4v) is 4.82. The zero-order valence-corrected chi connectivity index (χ0v) is 17.4. The van der Waals surface area contributed by atoms with Gasteiger partial charge in [0.25, 0.3) is 0 Å². The fourth-order valence-electron chi connectivity index (χ4n) is 3.04. The van der Waals surface area contributed by atoms with Crippen LogP contribution in [0, 0.1) is 5.92 Å². The van der Waals surface area contributed by atoms with Gasteiger partial charge in [-0.1, -0.05) is 18.7 Å². The monoisotopic (exact) mass is 413 g/mol. The van der Waals surface area contributed by atoms with E-state index < -0.39 is 10.0 Å². The SMILES string of the molecule is CNS(=O)(=O)CCCSc1nnc(N2CCC(C)CC2)n1Cc1ccco1. The van der Waals surface area contributed by atoms with E-state index in [1.54, 1.807) is 6.26 Å². The molecule has 0 bridgehead atoms. The van der Waals surface area contributed by atoms with Gasteiger partial charge in [-0.3, -0.25) is 4.57 Å². The van der Waals surface area contributed by atoms with E-state index in [2.05, 4.69) is 31.3 Å². The number of nitrogens with one attached hydrogen (secondary N) is 1. The molecule has 0 aliphatic carbocycles. The third kappa shape index (κ3) is 5.49. The van der Waals surface area contributed by atoms with Crippen molar-refractivity contribution >= 4 is 27.7 Å². The topological polar surface area (TPSA) is 93.3 Å². The third-order valence-corrected chi connectivity index (χ3v) is 7.26. The first kappa shape index (κ1) is 20.2. The van der Waals surface area contributed by atoms with Crippen LogP contribution in [0.25, 0.3) is 0 Å². The minimum atomic E-state index is -3.17. The van der Waals surface area contributed by atoms with E-state index in [-0.39, 0.29) is 5.75 Å². The van der Waals surface area contributed by atoms with E-state index in [0.717, 1.165) is 48.7 Å². The number of sulfonamides is 1. The van der Waals surface area contributed by atoms with Crippen molar-refractivity contribution in [3.05, 3.63) is 24.2 Å². The van der Waals surface area contributed by atoms with Crippen LogP contribution in [0.4, 0.5) is 5.95 Å². The van der Waals surface area contributed by atoms with Crippen molar-refractivity contribution in [1.29, 1.82) is 0 Å². The minimum Gasteiger partial charge on any atom is -0.467 e. The van der Waals surface area contributed by atoms with E-state index >= 15 is 0 Å². The Kier molecular flexibility index (Phi) is 6.83. The number of anilines is 1. The van der Waals surface area contributed by atoms with Crippen LogP contribution in [0.2, 0.25) is 0 Å². The molecule has 1 saturated heterocycles. The molecule has 1 N–H and O–H groups in total. The van der Waals surface area contributed by atoms with Gasteiger partial charge in [-0.25, -0.2) is 13.1 Å². The van der Waals surface area contributed by atoms with Crippen molar-refractivity contribution in [2.24, 2.45) is 5.92 Å². The maximum atomic E-state index is 11.6. The van der Waals surface area contributed by atoms with Gasteiger partial charge in [0.1, 0.15) is 5.76 Å². The van der Waals surface area contributed by atoms with Crippen LogP contribution in [0.1, 0.15) is 31.9 Å². The van der Waals surface area contributed by atoms with Gasteiger partial charge in [0, 0.05) is 18.8 Å². The Morgan fingerprint density at radius 3 is 2.78 bits per heavy atom. The Labute approximate surface area is 164 Å². The van der Waals surface area contributed by atoms with E-state index in [4.69, 9.17) is 4.42 Å². The number of aromatic nitrogens is 3. The van der Waals surface area contributed by atoms with Gasteiger partial charge in [0.15, 0.2) is 5.16 Å². The predicted octanol–water partition coefficient (Wildman–Crippen LogP) is 2.19. The van der Waals surface area contributed by atoms with E-state index in [1.165, 1.54) is 18.8 Å². The summed E-state index contributed by atoms with van der Waals surface area (Å²) in [5.74, 6) is 3.23. The number of nitrogens with zero attached hydrogens (tertiary/aromatic N) is 4. The molecule has 3 heterocycles. The Bertz CT molecular complexity index is 812. The van der Waals surface area contributed by atoms with E-state index in [0.29, 0.717) is 18.7 Å². The standard InChI is InChI=1S/C17H27N5O3S2/c1-14-6-8-21(9-7-14)16-19-20-17(22(16)13-15-5-3-10-25-15)26-11-4-12-27(23,24)18-2/h3,5,10,14,18H,4,6-9,11-13H2,1-2H3. The maximum Gasteiger partial charge on any atom is 0.228 e. The van der Waals surface area contributed by atoms with E-state index in [9.17, 15) is 8.42 Å². The lowest BCUT2D eigenvalue weighted by molar-refractivity contribution is 0.427. The Hall–Kier alpha value is -1.52. The van der Waals surface area contributed by atoms with Crippen molar-refractivity contribution in [3.63, 3.8) is 0 Å². The number of hydrogen-bond acceptors (Lipinski definition) is 7. The molecule has 150 valence electrons. The molecule has 0 amide bonds. The molecule has 0 unspecified atom stereocenters. The first-order valence-corrected chi connectivity index (χ1v) is 11.9. The number of hydrogen-bond donors (Lipinski definition) is 1. The zero-order valence-electron chi connectivity index (χ0n) is 15.8. The molecule has 8 nitrogen and oxygen atoms in total. The minimum absolute atomic E-state index is 0.111. The van der Waals surface area contributed by atoms with Gasteiger partial charge in [-0.05, 0) is 44.4 Å². The molecule has 27 heavy (non-hydrogen) atoms. The molecular weight excluding hydrogens is 386 g/mol. The van der Waals surface area contributed by atoms with Gasteiger partial charge in [0.05, 0.1) is 18.6 Å². The number of furan rings is 1. The summed E-state index contributed by atoms with van der Waals surface area (Å²) in [7, 11) is -1.73. The van der Waals surface area contributed by atoms with Gasteiger partial charge < -0.3 is 9.32 Å². The summed E-state index contributed by atoms with van der Waals surface area (Å²) in [5.41, 5.74) is 0. The second kappa shape index (κ2) is 9.11. The average Bonchev–Trinajstić information content (AvgIpc) is 3.30. The van der Waals surface area contributed by atoms with E-state index in [1.807, 2.05) is 12.1 Å². The molecule has 0 atom stereocenters.